The van der Waals surface area contributed by atoms with Gasteiger partial charge in [0.05, 0.1) is 11.1 Å². The summed E-state index contributed by atoms with van der Waals surface area (Å²) in [6.45, 7) is 2.89. The van der Waals surface area contributed by atoms with Crippen LogP contribution in [0.25, 0.3) is 0 Å². The quantitative estimate of drug-likeness (QED) is 0.721. The van der Waals surface area contributed by atoms with Crippen LogP contribution in [0.15, 0.2) is 0 Å². The third kappa shape index (κ3) is 4.48. The molecular weight excluding hydrogens is 244 g/mol. The predicted molar refractivity (Wildman–Crippen MR) is 78.8 cm³/mol. The number of hydrogen-bond acceptors (Lipinski definition) is 3. The van der Waals surface area contributed by atoms with E-state index in [0.29, 0.717) is 11.1 Å². The van der Waals surface area contributed by atoms with Crippen molar-refractivity contribution in [1.29, 1.82) is 0 Å². The molecule has 4 heteroatoms. The number of ether oxygens (including phenoxy) is 1. The number of nitrogens with zero attached hydrogens (tertiary/aromatic N) is 1. The first kappa shape index (κ1) is 14.2. The zero-order chi connectivity index (χ0) is 12.8. The van der Waals surface area contributed by atoms with Crippen LogP contribution in [0.2, 0.25) is 0 Å². The highest BCUT2D eigenvalue weighted by atomic mass is 32.1. The largest absolute Gasteiger partial charge is 0.392 e. The normalized spacial score (nSPS) is 25.1. The van der Waals surface area contributed by atoms with Gasteiger partial charge in [0, 0.05) is 19.2 Å². The summed E-state index contributed by atoms with van der Waals surface area (Å²) in [7, 11) is 0. The van der Waals surface area contributed by atoms with Crippen molar-refractivity contribution < 1.29 is 4.74 Å². The first-order chi connectivity index (χ1) is 8.75. The third-order valence-corrected chi connectivity index (χ3v) is 4.32. The van der Waals surface area contributed by atoms with Crippen molar-refractivity contribution in [2.75, 3.05) is 19.7 Å². The van der Waals surface area contributed by atoms with E-state index in [1.165, 1.54) is 51.4 Å². The summed E-state index contributed by atoms with van der Waals surface area (Å²) in [5, 5.41) is 0. The van der Waals surface area contributed by atoms with E-state index in [1.807, 2.05) is 0 Å². The van der Waals surface area contributed by atoms with Gasteiger partial charge in [-0.2, -0.15) is 0 Å². The lowest BCUT2D eigenvalue weighted by atomic mass is 10.1. The van der Waals surface area contributed by atoms with Crippen molar-refractivity contribution in [2.24, 2.45) is 5.73 Å². The van der Waals surface area contributed by atoms with Gasteiger partial charge in [0.25, 0.3) is 0 Å². The van der Waals surface area contributed by atoms with E-state index in [1.54, 1.807) is 0 Å². The molecule has 1 atom stereocenters. The maximum Gasteiger partial charge on any atom is 0.0870 e. The van der Waals surface area contributed by atoms with Crippen molar-refractivity contribution in [3.05, 3.63) is 0 Å². The first-order valence-electron chi connectivity index (χ1n) is 7.39. The fourth-order valence-electron chi connectivity index (χ4n) is 3.25. The molecule has 3 nitrogen and oxygen atoms in total. The molecule has 0 aromatic rings. The molecule has 1 aliphatic heterocycles. The fraction of sp³-hybridized carbons (Fsp3) is 0.929. The Hall–Kier alpha value is -0.190. The molecule has 1 heterocycles. The van der Waals surface area contributed by atoms with Crippen molar-refractivity contribution in [1.82, 2.24) is 4.90 Å². The zero-order valence-electron chi connectivity index (χ0n) is 11.3. The maximum atomic E-state index is 5.72. The van der Waals surface area contributed by atoms with E-state index < -0.39 is 0 Å². The minimum absolute atomic E-state index is 0.514. The average Bonchev–Trinajstić information content (AvgIpc) is 3.00. The number of hydrogen-bond donors (Lipinski definition) is 1. The summed E-state index contributed by atoms with van der Waals surface area (Å²) in [6.07, 6.45) is 10.8. The molecule has 18 heavy (non-hydrogen) atoms. The Labute approximate surface area is 116 Å². The Morgan fingerprint density at radius 2 is 2.00 bits per heavy atom. The first-order valence-corrected chi connectivity index (χ1v) is 7.80. The summed E-state index contributed by atoms with van der Waals surface area (Å²) >= 11 is 5.08. The van der Waals surface area contributed by atoms with Gasteiger partial charge in [-0.1, -0.05) is 25.1 Å². The molecule has 0 spiro atoms. The number of rotatable bonds is 7. The predicted octanol–water partition coefficient (Wildman–Crippen LogP) is 2.48. The Morgan fingerprint density at radius 3 is 2.61 bits per heavy atom. The molecule has 2 rings (SSSR count). The monoisotopic (exact) mass is 270 g/mol. The zero-order valence-corrected chi connectivity index (χ0v) is 12.1. The van der Waals surface area contributed by atoms with Crippen LogP contribution in [0.5, 0.6) is 0 Å². The second-order valence-corrected chi connectivity index (χ2v) is 6.18. The van der Waals surface area contributed by atoms with Crippen molar-refractivity contribution >= 4 is 17.2 Å². The molecule has 104 valence electrons. The highest BCUT2D eigenvalue weighted by molar-refractivity contribution is 7.80. The van der Waals surface area contributed by atoms with Crippen LogP contribution in [0.3, 0.4) is 0 Å². The van der Waals surface area contributed by atoms with E-state index in [9.17, 15) is 0 Å². The van der Waals surface area contributed by atoms with Crippen LogP contribution in [-0.4, -0.2) is 41.7 Å². The summed E-state index contributed by atoms with van der Waals surface area (Å²) in [5.41, 5.74) is 5.72. The Kier molecular flexibility index (Phi) is 5.86. The van der Waals surface area contributed by atoms with Gasteiger partial charge in [-0.25, -0.2) is 0 Å². The van der Waals surface area contributed by atoms with Crippen LogP contribution in [0.4, 0.5) is 0 Å². The Bertz CT molecular complexity index is 261. The van der Waals surface area contributed by atoms with Gasteiger partial charge in [0.1, 0.15) is 0 Å². The highest BCUT2D eigenvalue weighted by Gasteiger charge is 2.23. The number of nitrogens with two attached hydrogens (primary N) is 1. The van der Waals surface area contributed by atoms with E-state index >= 15 is 0 Å². The molecule has 2 N–H and O–H groups in total. The molecule has 0 amide bonds. The second-order valence-electron chi connectivity index (χ2n) is 5.65. The molecule has 1 aliphatic carbocycles. The van der Waals surface area contributed by atoms with Gasteiger partial charge < -0.3 is 10.5 Å². The molecule has 1 unspecified atom stereocenters. The standard InChI is InChI=1S/C14H26N2OS/c15-14(18)11-16(12-5-1-2-6-12)9-3-7-13-8-4-10-17-13/h12-13H,1-11H2,(H2,15,18). The molecule has 0 radical (unpaired) electrons. The molecule has 0 aromatic heterocycles. The van der Waals surface area contributed by atoms with Gasteiger partial charge in [0.2, 0.25) is 0 Å². The molecule has 1 saturated carbocycles. The highest BCUT2D eigenvalue weighted by Crippen LogP contribution is 2.24. The average molecular weight is 270 g/mol. The minimum atomic E-state index is 0.514. The Balaban J connectivity index is 1.71. The minimum Gasteiger partial charge on any atom is -0.392 e. The van der Waals surface area contributed by atoms with Crippen LogP contribution in [-0.2, 0) is 4.74 Å². The third-order valence-electron chi connectivity index (χ3n) is 4.20. The summed E-state index contributed by atoms with van der Waals surface area (Å²) in [5.74, 6) is 0. The molecule has 0 aromatic carbocycles. The number of thiocarbonyl (C=S) groups is 1. The molecule has 1 saturated heterocycles. The molecule has 2 fully saturated rings. The SMILES string of the molecule is NC(=S)CN(CCCC1CCCO1)C1CCCC1. The smallest absolute Gasteiger partial charge is 0.0870 e. The van der Waals surface area contributed by atoms with E-state index in [2.05, 4.69) is 4.90 Å². The lowest BCUT2D eigenvalue weighted by molar-refractivity contribution is 0.0972. The van der Waals surface area contributed by atoms with Crippen molar-refractivity contribution in [3.63, 3.8) is 0 Å². The summed E-state index contributed by atoms with van der Waals surface area (Å²) in [6, 6.07) is 0.719. The van der Waals surface area contributed by atoms with Gasteiger partial charge in [-0.15, -0.1) is 0 Å². The second kappa shape index (κ2) is 7.41. The molecular formula is C14H26N2OS. The fourth-order valence-corrected chi connectivity index (χ4v) is 3.42. The topological polar surface area (TPSA) is 38.5 Å². The van der Waals surface area contributed by atoms with E-state index in [0.717, 1.165) is 25.7 Å². The summed E-state index contributed by atoms with van der Waals surface area (Å²) in [4.78, 5) is 3.14. The van der Waals surface area contributed by atoms with Crippen molar-refractivity contribution in [2.45, 2.75) is 63.5 Å². The van der Waals surface area contributed by atoms with Crippen LogP contribution in [0.1, 0.15) is 51.4 Å². The van der Waals surface area contributed by atoms with Crippen molar-refractivity contribution in [3.8, 4) is 0 Å². The lowest BCUT2D eigenvalue weighted by Gasteiger charge is -2.28. The van der Waals surface area contributed by atoms with E-state index in [-0.39, 0.29) is 0 Å². The van der Waals surface area contributed by atoms with Crippen LogP contribution >= 0.6 is 12.2 Å². The van der Waals surface area contributed by atoms with E-state index in [4.69, 9.17) is 22.7 Å². The molecule has 0 bridgehead atoms. The van der Waals surface area contributed by atoms with Crippen LogP contribution in [0, 0.1) is 0 Å². The molecule has 2 aliphatic rings. The summed E-state index contributed by atoms with van der Waals surface area (Å²) < 4.78 is 5.67. The van der Waals surface area contributed by atoms with Gasteiger partial charge in [-0.3, -0.25) is 4.90 Å². The van der Waals surface area contributed by atoms with Crippen LogP contribution < -0.4 is 5.73 Å². The maximum absolute atomic E-state index is 5.72. The van der Waals surface area contributed by atoms with Gasteiger partial charge in [0.15, 0.2) is 0 Å². The van der Waals surface area contributed by atoms with Gasteiger partial charge in [-0.05, 0) is 45.1 Å². The lowest BCUT2D eigenvalue weighted by Crippen LogP contribution is -2.40. The Morgan fingerprint density at radius 1 is 1.22 bits per heavy atom. The van der Waals surface area contributed by atoms with Gasteiger partial charge >= 0.3 is 0 Å².